The summed E-state index contributed by atoms with van der Waals surface area (Å²) in [7, 11) is 1.67. The summed E-state index contributed by atoms with van der Waals surface area (Å²) >= 11 is 0. The van der Waals surface area contributed by atoms with Gasteiger partial charge in [-0.25, -0.2) is 0 Å². The molecule has 2 heterocycles. The third-order valence-electron chi connectivity index (χ3n) is 5.31. The lowest BCUT2D eigenvalue weighted by molar-refractivity contribution is 0.0766. The largest absolute Gasteiger partial charge is 0.497 e. The Balaban J connectivity index is 1.58. The highest BCUT2D eigenvalue weighted by atomic mass is 16.5. The molecule has 2 aromatic heterocycles. The quantitative estimate of drug-likeness (QED) is 0.510. The van der Waals surface area contributed by atoms with E-state index in [-0.39, 0.29) is 5.91 Å². The average Bonchev–Trinajstić information content (AvgIpc) is 3.44. The number of methoxy groups -OCH3 is 1. The van der Waals surface area contributed by atoms with Crippen LogP contribution in [0.25, 0.3) is 16.6 Å². The van der Waals surface area contributed by atoms with Gasteiger partial charge < -0.3 is 14.6 Å². The van der Waals surface area contributed by atoms with Crippen molar-refractivity contribution in [2.45, 2.75) is 20.3 Å². The molecule has 0 radical (unpaired) electrons. The highest BCUT2D eigenvalue weighted by Gasteiger charge is 2.20. The molecule has 0 saturated carbocycles. The summed E-state index contributed by atoms with van der Waals surface area (Å²) in [6, 6.07) is 11.7. The van der Waals surface area contributed by atoms with Crippen molar-refractivity contribution in [3.8, 4) is 11.4 Å². The van der Waals surface area contributed by atoms with Crippen LogP contribution in [0.5, 0.6) is 5.75 Å². The van der Waals surface area contributed by atoms with Crippen molar-refractivity contribution in [1.29, 1.82) is 0 Å². The van der Waals surface area contributed by atoms with Gasteiger partial charge in [0.2, 0.25) is 0 Å². The Morgan fingerprint density at radius 3 is 2.70 bits per heavy atom. The number of H-pyrrole nitrogens is 1. The number of nitrogens with one attached hydrogen (secondary N) is 1. The highest BCUT2D eigenvalue weighted by Crippen LogP contribution is 2.24. The number of aryl methyl sites for hydroxylation is 1. The zero-order chi connectivity index (χ0) is 21.1. The van der Waals surface area contributed by atoms with Crippen LogP contribution in [0.1, 0.15) is 28.4 Å². The number of fused-ring (bicyclic) bond motifs is 1. The molecule has 0 aliphatic heterocycles. The third-order valence-corrected chi connectivity index (χ3v) is 5.31. The second-order valence-electron chi connectivity index (χ2n) is 7.20. The summed E-state index contributed by atoms with van der Waals surface area (Å²) < 4.78 is 5.36. The molecule has 0 atom stereocenters. The fourth-order valence-corrected chi connectivity index (χ4v) is 3.66. The van der Waals surface area contributed by atoms with Crippen molar-refractivity contribution in [3.63, 3.8) is 0 Å². The van der Waals surface area contributed by atoms with E-state index in [0.717, 1.165) is 34.2 Å². The van der Waals surface area contributed by atoms with Gasteiger partial charge in [0.25, 0.3) is 5.91 Å². The van der Waals surface area contributed by atoms with E-state index in [1.807, 2.05) is 61.3 Å². The van der Waals surface area contributed by atoms with Crippen molar-refractivity contribution in [2.75, 3.05) is 20.2 Å². The number of nitrogens with zero attached hydrogens (tertiary/aromatic N) is 4. The van der Waals surface area contributed by atoms with Gasteiger partial charge in [0.15, 0.2) is 0 Å². The smallest absolute Gasteiger partial charge is 0.256 e. The van der Waals surface area contributed by atoms with Crippen molar-refractivity contribution in [3.05, 3.63) is 71.7 Å². The number of carbonyl (C=O) groups is 1. The minimum atomic E-state index is -0.0223. The molecular weight excluding hydrogens is 378 g/mol. The summed E-state index contributed by atoms with van der Waals surface area (Å²) in [5, 5.41) is 9.52. The van der Waals surface area contributed by atoms with Gasteiger partial charge in [-0.1, -0.05) is 11.6 Å². The zero-order valence-electron chi connectivity index (χ0n) is 17.4. The van der Waals surface area contributed by atoms with Crippen molar-refractivity contribution in [2.24, 2.45) is 0 Å². The van der Waals surface area contributed by atoms with Crippen LogP contribution >= 0.6 is 0 Å². The Morgan fingerprint density at radius 1 is 1.17 bits per heavy atom. The summed E-state index contributed by atoms with van der Waals surface area (Å²) in [4.78, 5) is 20.0. The first-order chi connectivity index (χ1) is 14.6. The molecule has 0 bridgehead atoms. The predicted molar refractivity (Wildman–Crippen MR) is 116 cm³/mol. The second-order valence-corrected chi connectivity index (χ2v) is 7.20. The number of benzene rings is 2. The Kier molecular flexibility index (Phi) is 5.52. The van der Waals surface area contributed by atoms with Crippen LogP contribution in [0, 0.1) is 6.92 Å². The van der Waals surface area contributed by atoms with Crippen molar-refractivity contribution in [1.82, 2.24) is 24.9 Å². The molecule has 1 N–H and O–H groups in total. The summed E-state index contributed by atoms with van der Waals surface area (Å²) in [5.74, 6) is 0.800. The first-order valence-corrected chi connectivity index (χ1v) is 10.0. The molecule has 7 nitrogen and oxygen atoms in total. The summed E-state index contributed by atoms with van der Waals surface area (Å²) in [6.45, 7) is 5.20. The van der Waals surface area contributed by atoms with Gasteiger partial charge in [-0.15, -0.1) is 0 Å². The lowest BCUT2D eigenvalue weighted by atomic mass is 10.1. The van der Waals surface area contributed by atoms with Gasteiger partial charge in [0, 0.05) is 30.2 Å². The molecule has 154 valence electrons. The van der Waals surface area contributed by atoms with E-state index >= 15 is 0 Å². The van der Waals surface area contributed by atoms with E-state index < -0.39 is 0 Å². The number of amides is 1. The number of hydrogen-bond donors (Lipinski definition) is 1. The van der Waals surface area contributed by atoms with E-state index in [9.17, 15) is 4.79 Å². The minimum absolute atomic E-state index is 0.0223. The molecule has 4 aromatic rings. The lowest BCUT2D eigenvalue weighted by Crippen LogP contribution is -2.33. The Labute approximate surface area is 175 Å². The normalized spacial score (nSPS) is 11.0. The minimum Gasteiger partial charge on any atom is -0.497 e. The van der Waals surface area contributed by atoms with Crippen LogP contribution in [-0.2, 0) is 6.42 Å². The van der Waals surface area contributed by atoms with E-state index in [0.29, 0.717) is 24.3 Å². The second kappa shape index (κ2) is 8.41. The van der Waals surface area contributed by atoms with Crippen molar-refractivity contribution >= 4 is 16.8 Å². The van der Waals surface area contributed by atoms with Crippen LogP contribution < -0.4 is 4.74 Å². The number of aromatic nitrogens is 4. The molecule has 4 rings (SSSR count). The number of rotatable bonds is 7. The SMILES string of the molecule is CCN(CCc1c[nH]c2ccc(OC)cc12)C(=O)c1cc(C)ccc1-n1nccn1. The van der Waals surface area contributed by atoms with Crippen LogP contribution in [0.2, 0.25) is 0 Å². The molecule has 0 spiro atoms. The van der Waals surface area contributed by atoms with Crippen LogP contribution in [0.4, 0.5) is 0 Å². The van der Waals surface area contributed by atoms with E-state index in [2.05, 4.69) is 15.2 Å². The Hall–Kier alpha value is -3.61. The van der Waals surface area contributed by atoms with Crippen molar-refractivity contribution < 1.29 is 9.53 Å². The average molecular weight is 403 g/mol. The Morgan fingerprint density at radius 2 is 1.97 bits per heavy atom. The third kappa shape index (κ3) is 3.78. The number of likely N-dealkylation sites (N-methyl/N-ethyl adjacent to an activating group) is 1. The fourth-order valence-electron chi connectivity index (χ4n) is 3.66. The Bertz CT molecular complexity index is 1160. The van der Waals surface area contributed by atoms with Gasteiger partial charge in [0.05, 0.1) is 30.8 Å². The number of ether oxygens (including phenoxy) is 1. The molecule has 0 aliphatic carbocycles. The molecule has 0 aliphatic rings. The maximum absolute atomic E-state index is 13.4. The van der Waals surface area contributed by atoms with Gasteiger partial charge in [-0.2, -0.15) is 15.0 Å². The van der Waals surface area contributed by atoms with Crippen LogP contribution in [0.15, 0.2) is 55.0 Å². The molecular formula is C23H25N5O2. The molecule has 7 heteroatoms. The van der Waals surface area contributed by atoms with Crippen LogP contribution in [-0.4, -0.2) is 51.0 Å². The molecule has 2 aromatic carbocycles. The van der Waals surface area contributed by atoms with E-state index in [1.165, 1.54) is 4.80 Å². The van der Waals surface area contributed by atoms with E-state index in [4.69, 9.17) is 4.74 Å². The molecule has 1 amide bonds. The van der Waals surface area contributed by atoms with Gasteiger partial charge >= 0.3 is 0 Å². The number of carbonyl (C=O) groups excluding carboxylic acids is 1. The number of aromatic amines is 1. The topological polar surface area (TPSA) is 76.0 Å². The monoisotopic (exact) mass is 403 g/mol. The van der Waals surface area contributed by atoms with Gasteiger partial charge in [-0.05, 0) is 56.2 Å². The maximum Gasteiger partial charge on any atom is 0.256 e. The first-order valence-electron chi connectivity index (χ1n) is 10.0. The standard InChI is InChI=1S/C23H25N5O2/c1-4-27(12-9-17-15-24-21-7-6-18(30-3)14-19(17)21)23(29)20-13-16(2)5-8-22(20)28-25-10-11-26-28/h5-8,10-11,13-15,24H,4,9,12H2,1-3H3. The first kappa shape index (κ1) is 19.7. The molecule has 0 fully saturated rings. The van der Waals surface area contributed by atoms with Gasteiger partial charge in [-0.3, -0.25) is 4.79 Å². The summed E-state index contributed by atoms with van der Waals surface area (Å²) in [6.07, 6.45) is 5.97. The maximum atomic E-state index is 13.4. The van der Waals surface area contributed by atoms with E-state index in [1.54, 1.807) is 19.5 Å². The van der Waals surface area contributed by atoms with Crippen LogP contribution in [0.3, 0.4) is 0 Å². The lowest BCUT2D eigenvalue weighted by Gasteiger charge is -2.22. The summed E-state index contributed by atoms with van der Waals surface area (Å²) in [5.41, 5.74) is 4.54. The molecule has 0 saturated heterocycles. The predicted octanol–water partition coefficient (Wildman–Crippen LogP) is 3.77. The zero-order valence-corrected chi connectivity index (χ0v) is 17.4. The molecule has 0 unspecified atom stereocenters. The van der Waals surface area contributed by atoms with Gasteiger partial charge in [0.1, 0.15) is 5.75 Å². The fraction of sp³-hybridized carbons (Fsp3) is 0.261. The number of hydrogen-bond acceptors (Lipinski definition) is 4. The highest BCUT2D eigenvalue weighted by molar-refractivity contribution is 5.98. The molecule has 30 heavy (non-hydrogen) atoms.